The molecule has 1 unspecified atom stereocenters. The first-order valence-electron chi connectivity index (χ1n) is 13.2. The third kappa shape index (κ3) is 6.43. The zero-order valence-corrected chi connectivity index (χ0v) is 23.5. The second kappa shape index (κ2) is 11.8. The van der Waals surface area contributed by atoms with Crippen LogP contribution in [0.5, 0.6) is 5.75 Å². The quantitative estimate of drug-likeness (QED) is 0.245. The number of nitrogens with two attached hydrogens (primary N) is 1. The number of rotatable bonds is 11. The van der Waals surface area contributed by atoms with Crippen LogP contribution in [-0.4, -0.2) is 49.2 Å². The fraction of sp³-hybridized carbons (Fsp3) is 0.367. The summed E-state index contributed by atoms with van der Waals surface area (Å²) in [5.74, 6) is 0.284. The molecule has 3 aromatic carbocycles. The lowest BCUT2D eigenvalue weighted by atomic mass is 9.98. The van der Waals surface area contributed by atoms with Crippen molar-refractivity contribution in [3.05, 3.63) is 89.0 Å². The van der Waals surface area contributed by atoms with Crippen LogP contribution in [0.1, 0.15) is 47.3 Å². The zero-order chi connectivity index (χ0) is 28.2. The van der Waals surface area contributed by atoms with E-state index in [1.54, 1.807) is 37.3 Å². The molecule has 4 N–H and O–H groups in total. The number of hydrogen-bond donors (Lipinski definition) is 3. The Balaban J connectivity index is 1.66. The van der Waals surface area contributed by atoms with Gasteiger partial charge in [0.1, 0.15) is 11.5 Å². The smallest absolute Gasteiger partial charge is 0.251 e. The van der Waals surface area contributed by atoms with E-state index in [1.165, 1.54) is 10.4 Å². The van der Waals surface area contributed by atoms with Crippen molar-refractivity contribution in [2.75, 3.05) is 25.4 Å². The Labute approximate surface area is 230 Å². The molecule has 0 aliphatic carbocycles. The predicted molar refractivity (Wildman–Crippen MR) is 152 cm³/mol. The first kappa shape index (κ1) is 28.6. The molecule has 1 atom stereocenters. The number of aliphatic hydroxyl groups is 1. The summed E-state index contributed by atoms with van der Waals surface area (Å²) in [6.45, 7) is 6.26. The number of amides is 1. The number of sulfonamides is 1. The van der Waals surface area contributed by atoms with Gasteiger partial charge in [0.25, 0.3) is 5.91 Å². The van der Waals surface area contributed by atoms with Crippen LogP contribution in [0.3, 0.4) is 0 Å². The maximum Gasteiger partial charge on any atom is 0.251 e. The van der Waals surface area contributed by atoms with Gasteiger partial charge in [0, 0.05) is 43.6 Å². The molecule has 0 spiro atoms. The summed E-state index contributed by atoms with van der Waals surface area (Å²) in [6.07, 6.45) is 0.669. The number of hydrogen-bond acceptors (Lipinski definition) is 6. The molecular formula is C30H37N3O5S. The van der Waals surface area contributed by atoms with Crippen LogP contribution in [0.4, 0.5) is 5.69 Å². The van der Waals surface area contributed by atoms with Crippen LogP contribution in [0.15, 0.2) is 71.6 Å². The highest BCUT2D eigenvalue weighted by molar-refractivity contribution is 7.89. The van der Waals surface area contributed by atoms with Crippen LogP contribution < -0.4 is 15.8 Å². The van der Waals surface area contributed by atoms with Crippen molar-refractivity contribution < 1.29 is 23.1 Å². The van der Waals surface area contributed by atoms with Gasteiger partial charge in [0.05, 0.1) is 11.5 Å². The first-order chi connectivity index (χ1) is 18.5. The lowest BCUT2D eigenvalue weighted by molar-refractivity contribution is -0.0700. The van der Waals surface area contributed by atoms with Gasteiger partial charge in [-0.05, 0) is 59.9 Å². The summed E-state index contributed by atoms with van der Waals surface area (Å²) in [5, 5.41) is 15.0. The molecule has 0 saturated heterocycles. The van der Waals surface area contributed by atoms with Crippen LogP contribution in [-0.2, 0) is 22.9 Å². The molecule has 0 fully saturated rings. The van der Waals surface area contributed by atoms with Crippen LogP contribution >= 0.6 is 0 Å². The van der Waals surface area contributed by atoms with E-state index in [9.17, 15) is 18.3 Å². The molecule has 1 amide bonds. The van der Waals surface area contributed by atoms with E-state index in [1.807, 2.05) is 44.2 Å². The van der Waals surface area contributed by atoms with E-state index in [2.05, 4.69) is 5.32 Å². The summed E-state index contributed by atoms with van der Waals surface area (Å²) < 4.78 is 35.0. The molecule has 1 aliphatic heterocycles. The Bertz CT molecular complexity index is 1430. The van der Waals surface area contributed by atoms with Gasteiger partial charge in [-0.1, -0.05) is 50.2 Å². The minimum absolute atomic E-state index is 0.0188. The largest absolute Gasteiger partial charge is 0.493 e. The Kier molecular flexibility index (Phi) is 8.64. The summed E-state index contributed by atoms with van der Waals surface area (Å²) in [6, 6.07) is 19.2. The molecule has 0 saturated carbocycles. The highest BCUT2D eigenvalue weighted by atomic mass is 32.2. The van der Waals surface area contributed by atoms with Crippen molar-refractivity contribution >= 4 is 21.6 Å². The first-order valence-corrected chi connectivity index (χ1v) is 14.6. The minimum atomic E-state index is -4.11. The molecular weight excluding hydrogens is 514 g/mol. The van der Waals surface area contributed by atoms with E-state index in [4.69, 9.17) is 10.5 Å². The van der Waals surface area contributed by atoms with E-state index in [0.717, 1.165) is 11.1 Å². The lowest BCUT2D eigenvalue weighted by Crippen LogP contribution is -2.55. The number of ether oxygens (including phenoxy) is 1. The molecule has 39 heavy (non-hydrogen) atoms. The lowest BCUT2D eigenvalue weighted by Gasteiger charge is -2.40. The molecule has 8 nitrogen and oxygen atoms in total. The van der Waals surface area contributed by atoms with Gasteiger partial charge in [-0.3, -0.25) is 4.79 Å². The molecule has 208 valence electrons. The summed E-state index contributed by atoms with van der Waals surface area (Å²) in [4.78, 5) is 13.1. The summed E-state index contributed by atoms with van der Waals surface area (Å²) >= 11 is 0. The SMILES string of the molecule is Cc1c(N)cccc1C(=O)NCCC(O)(Cc1ccccc1)N(CC(C)C)S(=O)(=O)c1ccc2c(c1)CCO2. The van der Waals surface area contributed by atoms with Gasteiger partial charge < -0.3 is 20.9 Å². The Morgan fingerprint density at radius 2 is 1.87 bits per heavy atom. The number of nitrogens with one attached hydrogen (secondary N) is 1. The molecule has 3 aromatic rings. The fourth-order valence-electron chi connectivity index (χ4n) is 4.87. The van der Waals surface area contributed by atoms with Gasteiger partial charge in [-0.2, -0.15) is 4.31 Å². The zero-order valence-electron chi connectivity index (χ0n) is 22.7. The van der Waals surface area contributed by atoms with Gasteiger partial charge in [0.15, 0.2) is 0 Å². The van der Waals surface area contributed by atoms with E-state index < -0.39 is 15.7 Å². The molecule has 0 bridgehead atoms. The number of nitrogens with zero attached hydrogens (tertiary/aromatic N) is 1. The summed E-state index contributed by atoms with van der Waals surface area (Å²) in [7, 11) is -4.11. The van der Waals surface area contributed by atoms with E-state index in [0.29, 0.717) is 35.6 Å². The Morgan fingerprint density at radius 1 is 1.13 bits per heavy atom. The van der Waals surface area contributed by atoms with Crippen LogP contribution in [0, 0.1) is 12.8 Å². The van der Waals surface area contributed by atoms with Crippen molar-refractivity contribution in [1.82, 2.24) is 9.62 Å². The standard InChI is InChI=1S/C30H37N3O5S/c1-21(2)20-33(39(36,37)25-12-13-28-24(18-25)14-17-38-28)30(35,19-23-8-5-4-6-9-23)15-16-32-29(34)26-10-7-11-27(31)22(26)3/h4-13,18,21,35H,14-17,19-20,31H2,1-3H3,(H,32,34). The number of carbonyl (C=O) groups excluding carboxylic acids is 1. The van der Waals surface area contributed by atoms with Gasteiger partial charge in [-0.25, -0.2) is 8.42 Å². The second-order valence-electron chi connectivity index (χ2n) is 10.5. The molecule has 1 aliphatic rings. The molecule has 4 rings (SSSR count). The Morgan fingerprint density at radius 3 is 2.59 bits per heavy atom. The van der Waals surface area contributed by atoms with Crippen molar-refractivity contribution in [2.45, 2.75) is 50.7 Å². The highest BCUT2D eigenvalue weighted by Gasteiger charge is 2.43. The Hall–Kier alpha value is -3.40. The third-order valence-corrected chi connectivity index (χ3v) is 8.92. The normalized spacial score (nSPS) is 14.6. The number of nitrogen functional groups attached to an aromatic ring is 1. The van der Waals surface area contributed by atoms with Crippen molar-refractivity contribution in [1.29, 1.82) is 0 Å². The van der Waals surface area contributed by atoms with Crippen LogP contribution in [0.25, 0.3) is 0 Å². The maximum atomic E-state index is 14.1. The topological polar surface area (TPSA) is 122 Å². The molecule has 0 aromatic heterocycles. The van der Waals surface area contributed by atoms with Crippen LogP contribution in [0.2, 0.25) is 0 Å². The van der Waals surface area contributed by atoms with Gasteiger partial charge in [0.2, 0.25) is 10.0 Å². The number of anilines is 1. The number of carbonyl (C=O) groups is 1. The fourth-order valence-corrected chi connectivity index (χ4v) is 6.75. The molecule has 1 heterocycles. The van der Waals surface area contributed by atoms with Crippen molar-refractivity contribution in [3.63, 3.8) is 0 Å². The molecule has 9 heteroatoms. The predicted octanol–water partition coefficient (Wildman–Crippen LogP) is 3.91. The molecule has 0 radical (unpaired) electrons. The maximum absolute atomic E-state index is 14.1. The minimum Gasteiger partial charge on any atom is -0.493 e. The second-order valence-corrected chi connectivity index (χ2v) is 12.3. The highest BCUT2D eigenvalue weighted by Crippen LogP contribution is 2.33. The number of benzene rings is 3. The van der Waals surface area contributed by atoms with Crippen molar-refractivity contribution in [2.24, 2.45) is 5.92 Å². The van der Waals surface area contributed by atoms with Gasteiger partial charge in [-0.15, -0.1) is 0 Å². The average Bonchev–Trinajstić information content (AvgIpc) is 3.37. The third-order valence-electron chi connectivity index (χ3n) is 7.01. The monoisotopic (exact) mass is 551 g/mol. The van der Waals surface area contributed by atoms with Gasteiger partial charge >= 0.3 is 0 Å². The van der Waals surface area contributed by atoms with Crippen molar-refractivity contribution in [3.8, 4) is 5.75 Å². The van der Waals surface area contributed by atoms with E-state index in [-0.39, 0.29) is 42.7 Å². The number of fused-ring (bicyclic) bond motifs is 1. The average molecular weight is 552 g/mol. The van der Waals surface area contributed by atoms with E-state index >= 15 is 0 Å². The summed E-state index contributed by atoms with van der Waals surface area (Å²) in [5.41, 5.74) is 7.38.